The summed E-state index contributed by atoms with van der Waals surface area (Å²) in [4.78, 5) is 25.3. The molecule has 30 heavy (non-hydrogen) atoms. The van der Waals surface area contributed by atoms with Crippen LogP contribution in [0.2, 0.25) is 0 Å². The minimum atomic E-state index is 0.0493. The van der Waals surface area contributed by atoms with Gasteiger partial charge in [-0.25, -0.2) is 0 Å². The maximum Gasteiger partial charge on any atom is 0.224 e. The van der Waals surface area contributed by atoms with Crippen molar-refractivity contribution in [1.82, 2.24) is 4.90 Å². The topological polar surface area (TPSA) is 77.1 Å². The van der Waals surface area contributed by atoms with Gasteiger partial charge in [-0.15, -0.1) is 0 Å². The lowest BCUT2D eigenvalue weighted by Gasteiger charge is -2.18. The first-order valence-corrected chi connectivity index (χ1v) is 10.1. The molecule has 2 aromatic carbocycles. The minimum Gasteiger partial charge on any atom is -0.497 e. The van der Waals surface area contributed by atoms with Crippen LogP contribution in [0.15, 0.2) is 42.5 Å². The number of benzene rings is 2. The Kier molecular flexibility index (Phi) is 7.54. The largest absolute Gasteiger partial charge is 0.497 e. The minimum absolute atomic E-state index is 0.0493. The fourth-order valence-electron chi connectivity index (χ4n) is 3.15. The fraction of sp³-hybridized carbons (Fsp3) is 0.391. The van der Waals surface area contributed by atoms with Gasteiger partial charge in [0.1, 0.15) is 23.9 Å². The molecule has 7 heteroatoms. The van der Waals surface area contributed by atoms with Crippen LogP contribution in [0, 0.1) is 0 Å². The molecule has 0 saturated carbocycles. The van der Waals surface area contributed by atoms with Gasteiger partial charge < -0.3 is 24.4 Å². The zero-order valence-electron chi connectivity index (χ0n) is 17.5. The number of aryl methyl sites for hydroxylation is 1. The number of nitrogens with one attached hydrogen (secondary N) is 1. The normalized spacial score (nSPS) is 12.5. The van der Waals surface area contributed by atoms with Crippen molar-refractivity contribution in [2.45, 2.75) is 25.7 Å². The molecule has 1 N–H and O–H groups in total. The molecular formula is C23H28N2O5. The van der Waals surface area contributed by atoms with Crippen LogP contribution in [0.25, 0.3) is 0 Å². The molecule has 0 unspecified atom stereocenters. The smallest absolute Gasteiger partial charge is 0.224 e. The highest BCUT2D eigenvalue weighted by Crippen LogP contribution is 2.26. The summed E-state index contributed by atoms with van der Waals surface area (Å²) in [5.41, 5.74) is 1.94. The Morgan fingerprint density at radius 3 is 2.47 bits per heavy atom. The van der Waals surface area contributed by atoms with E-state index < -0.39 is 0 Å². The molecular weight excluding hydrogens is 384 g/mol. The van der Waals surface area contributed by atoms with Gasteiger partial charge in [0.25, 0.3) is 0 Å². The van der Waals surface area contributed by atoms with E-state index in [9.17, 15) is 9.59 Å². The van der Waals surface area contributed by atoms with Crippen molar-refractivity contribution in [1.29, 1.82) is 0 Å². The molecule has 7 nitrogen and oxygen atoms in total. The first kappa shape index (κ1) is 21.5. The van der Waals surface area contributed by atoms with Crippen molar-refractivity contribution in [3.63, 3.8) is 0 Å². The molecule has 2 aromatic rings. The highest BCUT2D eigenvalue weighted by molar-refractivity contribution is 5.94. The molecule has 0 saturated heterocycles. The molecule has 160 valence electrons. The molecule has 1 aliphatic heterocycles. The van der Waals surface area contributed by atoms with Crippen molar-refractivity contribution in [3.8, 4) is 17.2 Å². The molecule has 0 aliphatic carbocycles. The number of carbonyl (C=O) groups excluding carboxylic acids is 2. The summed E-state index contributed by atoms with van der Waals surface area (Å²) in [6, 6.07) is 13.0. The second-order valence-corrected chi connectivity index (χ2v) is 7.16. The molecule has 0 radical (unpaired) electrons. The van der Waals surface area contributed by atoms with E-state index in [0.717, 1.165) is 34.9 Å². The highest BCUT2D eigenvalue weighted by atomic mass is 16.5. The van der Waals surface area contributed by atoms with Crippen LogP contribution in [-0.2, 0) is 16.0 Å². The quantitative estimate of drug-likeness (QED) is 0.606. The SMILES string of the molecule is COc1ccc(OCCN(C)C(=O)CCCOc2ccc3c(c2)CCC(=O)N3)cc1. The van der Waals surface area contributed by atoms with Crippen molar-refractivity contribution in [2.75, 3.05) is 39.2 Å². The average Bonchev–Trinajstić information content (AvgIpc) is 2.77. The maximum atomic E-state index is 12.3. The van der Waals surface area contributed by atoms with Gasteiger partial charge in [-0.05, 0) is 60.9 Å². The average molecular weight is 412 g/mol. The Hall–Kier alpha value is -3.22. The zero-order valence-corrected chi connectivity index (χ0v) is 17.5. The van der Waals surface area contributed by atoms with Crippen LogP contribution >= 0.6 is 0 Å². The van der Waals surface area contributed by atoms with Crippen molar-refractivity contribution in [2.24, 2.45) is 0 Å². The molecule has 3 rings (SSSR count). The van der Waals surface area contributed by atoms with Crippen molar-refractivity contribution in [3.05, 3.63) is 48.0 Å². The first-order chi connectivity index (χ1) is 14.5. The third kappa shape index (κ3) is 6.14. The number of rotatable bonds is 10. The first-order valence-electron chi connectivity index (χ1n) is 10.1. The molecule has 1 heterocycles. The summed E-state index contributed by atoms with van der Waals surface area (Å²) in [6.07, 6.45) is 2.27. The van der Waals surface area contributed by atoms with E-state index in [4.69, 9.17) is 14.2 Å². The Morgan fingerprint density at radius 2 is 1.70 bits per heavy atom. The maximum absolute atomic E-state index is 12.3. The van der Waals surface area contributed by atoms with E-state index in [1.165, 1.54) is 0 Å². The summed E-state index contributed by atoms with van der Waals surface area (Å²) >= 11 is 0. The number of ether oxygens (including phenoxy) is 3. The van der Waals surface area contributed by atoms with Crippen molar-refractivity contribution >= 4 is 17.5 Å². The number of carbonyl (C=O) groups is 2. The van der Waals surface area contributed by atoms with Crippen LogP contribution in [-0.4, -0.2) is 50.6 Å². The molecule has 0 spiro atoms. The van der Waals surface area contributed by atoms with Gasteiger partial charge in [-0.1, -0.05) is 0 Å². The summed E-state index contributed by atoms with van der Waals surface area (Å²) in [6.45, 7) is 1.41. The second kappa shape index (κ2) is 10.5. The summed E-state index contributed by atoms with van der Waals surface area (Å²) in [5, 5.41) is 2.85. The highest BCUT2D eigenvalue weighted by Gasteiger charge is 2.15. The summed E-state index contributed by atoms with van der Waals surface area (Å²) in [7, 11) is 3.40. The number of likely N-dealkylation sites (N-methyl/N-ethyl adjacent to an activating group) is 1. The summed E-state index contributed by atoms with van der Waals surface area (Å²) in [5.74, 6) is 2.39. The number of anilines is 1. The van der Waals surface area contributed by atoms with Gasteiger partial charge in [0.05, 0.1) is 20.3 Å². The van der Waals surface area contributed by atoms with Gasteiger partial charge in [-0.3, -0.25) is 9.59 Å². The molecule has 1 aliphatic rings. The predicted molar refractivity (Wildman–Crippen MR) is 114 cm³/mol. The van der Waals surface area contributed by atoms with Crippen LogP contribution in [0.1, 0.15) is 24.8 Å². The van der Waals surface area contributed by atoms with E-state index in [1.807, 2.05) is 42.5 Å². The Balaban J connectivity index is 1.32. The molecule has 0 aromatic heterocycles. The van der Waals surface area contributed by atoms with E-state index in [1.54, 1.807) is 19.1 Å². The third-order valence-electron chi connectivity index (χ3n) is 4.96. The van der Waals surface area contributed by atoms with Gasteiger partial charge in [0.2, 0.25) is 11.8 Å². The Morgan fingerprint density at radius 1 is 1.00 bits per heavy atom. The number of hydrogen-bond acceptors (Lipinski definition) is 5. The molecule has 0 atom stereocenters. The molecule has 0 fully saturated rings. The van der Waals surface area contributed by atoms with Crippen LogP contribution < -0.4 is 19.5 Å². The summed E-state index contributed by atoms with van der Waals surface area (Å²) < 4.78 is 16.5. The second-order valence-electron chi connectivity index (χ2n) is 7.16. The molecule has 2 amide bonds. The number of fused-ring (bicyclic) bond motifs is 1. The zero-order chi connectivity index (χ0) is 21.3. The standard InChI is InChI=1S/C23H28N2O5/c1-25(13-15-30-19-8-6-18(28-2)7-9-19)23(27)4-3-14-29-20-10-11-21-17(16-20)5-12-22(26)24-21/h6-11,16H,3-5,12-15H2,1-2H3,(H,24,26). The van der Waals surface area contributed by atoms with E-state index >= 15 is 0 Å². The van der Waals surface area contributed by atoms with E-state index in [-0.39, 0.29) is 11.8 Å². The number of methoxy groups -OCH3 is 1. The predicted octanol–water partition coefficient (Wildman–Crippen LogP) is 3.28. The lowest BCUT2D eigenvalue weighted by Crippen LogP contribution is -2.30. The van der Waals surface area contributed by atoms with E-state index in [0.29, 0.717) is 39.0 Å². The lowest BCUT2D eigenvalue weighted by atomic mass is 10.0. The molecule has 0 bridgehead atoms. The monoisotopic (exact) mass is 412 g/mol. The van der Waals surface area contributed by atoms with Gasteiger partial charge in [0.15, 0.2) is 0 Å². The van der Waals surface area contributed by atoms with E-state index in [2.05, 4.69) is 5.32 Å². The van der Waals surface area contributed by atoms with Crippen LogP contribution in [0.3, 0.4) is 0 Å². The lowest BCUT2D eigenvalue weighted by molar-refractivity contribution is -0.130. The number of nitrogens with zero attached hydrogens (tertiary/aromatic N) is 1. The number of amides is 2. The van der Waals surface area contributed by atoms with Gasteiger partial charge >= 0.3 is 0 Å². The Bertz CT molecular complexity index is 866. The van der Waals surface area contributed by atoms with Crippen LogP contribution in [0.5, 0.6) is 17.2 Å². The third-order valence-corrected chi connectivity index (χ3v) is 4.96. The Labute approximate surface area is 176 Å². The van der Waals surface area contributed by atoms with Crippen molar-refractivity contribution < 1.29 is 23.8 Å². The van der Waals surface area contributed by atoms with Gasteiger partial charge in [0, 0.05) is 25.6 Å². The van der Waals surface area contributed by atoms with Gasteiger partial charge in [-0.2, -0.15) is 0 Å². The van der Waals surface area contributed by atoms with Crippen LogP contribution in [0.4, 0.5) is 5.69 Å². The number of hydrogen-bond donors (Lipinski definition) is 1. The fourth-order valence-corrected chi connectivity index (χ4v) is 3.15.